The number of para-hydroxylation sites is 1. The van der Waals surface area contributed by atoms with Gasteiger partial charge in [0, 0.05) is 17.2 Å². The first-order valence-corrected chi connectivity index (χ1v) is 10.2. The molecule has 0 unspecified atom stereocenters. The lowest BCUT2D eigenvalue weighted by molar-refractivity contribution is -0.756. The summed E-state index contributed by atoms with van der Waals surface area (Å²) < 4.78 is 19.3. The van der Waals surface area contributed by atoms with Gasteiger partial charge in [-0.05, 0) is 30.7 Å². The van der Waals surface area contributed by atoms with E-state index in [0.29, 0.717) is 22.8 Å². The molecule has 0 saturated heterocycles. The van der Waals surface area contributed by atoms with Gasteiger partial charge in [0.15, 0.2) is 0 Å². The number of rotatable bonds is 11. The third-order valence-corrected chi connectivity index (χ3v) is 4.96. The van der Waals surface area contributed by atoms with Crippen LogP contribution in [0.5, 0.6) is 0 Å². The molecule has 2 aromatic carbocycles. The van der Waals surface area contributed by atoms with E-state index in [1.54, 1.807) is 12.1 Å². The first kappa shape index (κ1) is 22.8. The van der Waals surface area contributed by atoms with Gasteiger partial charge in [-0.3, -0.25) is 4.79 Å². The van der Waals surface area contributed by atoms with E-state index in [2.05, 4.69) is 10.2 Å². The van der Waals surface area contributed by atoms with Crippen LogP contribution in [0.1, 0.15) is 11.1 Å². The van der Waals surface area contributed by atoms with Gasteiger partial charge in [-0.1, -0.05) is 35.4 Å². The molecule has 0 aliphatic rings. The van der Waals surface area contributed by atoms with Crippen LogP contribution in [0.15, 0.2) is 36.4 Å². The van der Waals surface area contributed by atoms with Crippen LogP contribution in [0, 0.1) is 22.9 Å². The summed E-state index contributed by atoms with van der Waals surface area (Å²) >= 11 is 7.44. The SMILES string of the molecule is Cc1ccc(Nc2c(F)cccc2Cl)c(CC(=O)OCCSCCO[N+](=O)[O-])c1. The maximum atomic E-state index is 14.1. The molecule has 0 bridgehead atoms. The predicted molar refractivity (Wildman–Crippen MR) is 111 cm³/mol. The van der Waals surface area contributed by atoms with Crippen LogP contribution in [0.3, 0.4) is 0 Å². The van der Waals surface area contributed by atoms with Crippen molar-refractivity contribution in [3.05, 3.63) is 68.5 Å². The average Bonchev–Trinajstić information content (AvgIpc) is 2.65. The number of anilines is 2. The Morgan fingerprint density at radius 1 is 1.28 bits per heavy atom. The van der Waals surface area contributed by atoms with Crippen molar-refractivity contribution in [2.75, 3.05) is 30.0 Å². The van der Waals surface area contributed by atoms with E-state index >= 15 is 0 Å². The number of benzene rings is 2. The normalized spacial score (nSPS) is 10.4. The van der Waals surface area contributed by atoms with E-state index in [4.69, 9.17) is 16.3 Å². The lowest BCUT2D eigenvalue weighted by Crippen LogP contribution is -2.12. The van der Waals surface area contributed by atoms with Crippen LogP contribution in [0.4, 0.5) is 15.8 Å². The molecule has 0 aromatic heterocycles. The highest BCUT2D eigenvalue weighted by Crippen LogP contribution is 2.30. The number of hydrogen-bond acceptors (Lipinski definition) is 7. The van der Waals surface area contributed by atoms with Crippen molar-refractivity contribution in [3.8, 4) is 0 Å². The Morgan fingerprint density at radius 2 is 2.03 bits per heavy atom. The minimum atomic E-state index is -0.845. The molecule has 0 aliphatic carbocycles. The zero-order chi connectivity index (χ0) is 21.2. The number of aryl methyl sites for hydroxylation is 1. The minimum Gasteiger partial charge on any atom is -0.465 e. The predicted octanol–water partition coefficient (Wildman–Crippen LogP) is 4.56. The molecule has 0 atom stereocenters. The molecule has 1 N–H and O–H groups in total. The Kier molecular flexibility index (Phi) is 9.01. The number of carbonyl (C=O) groups excluding carboxylic acids is 1. The molecule has 10 heteroatoms. The number of halogens is 2. The molecule has 0 amide bonds. The maximum Gasteiger partial charge on any atom is 0.310 e. The van der Waals surface area contributed by atoms with Crippen molar-refractivity contribution in [2.24, 2.45) is 0 Å². The Labute approximate surface area is 176 Å². The van der Waals surface area contributed by atoms with Crippen molar-refractivity contribution in [2.45, 2.75) is 13.3 Å². The highest BCUT2D eigenvalue weighted by molar-refractivity contribution is 7.99. The topological polar surface area (TPSA) is 90.7 Å². The summed E-state index contributed by atoms with van der Waals surface area (Å²) in [6, 6.07) is 9.80. The Hall–Kier alpha value is -2.52. The first-order chi connectivity index (χ1) is 13.9. The molecule has 0 radical (unpaired) electrons. The number of hydrogen-bond donors (Lipinski definition) is 1. The summed E-state index contributed by atoms with van der Waals surface area (Å²) in [5.74, 6) is -0.00474. The molecular weight excluding hydrogens is 423 g/mol. The van der Waals surface area contributed by atoms with Gasteiger partial charge >= 0.3 is 5.97 Å². The third-order valence-electron chi connectivity index (χ3n) is 3.73. The highest BCUT2D eigenvalue weighted by atomic mass is 35.5. The molecule has 29 heavy (non-hydrogen) atoms. The quantitative estimate of drug-likeness (QED) is 0.236. The van der Waals surface area contributed by atoms with E-state index in [1.165, 1.54) is 23.9 Å². The van der Waals surface area contributed by atoms with Crippen LogP contribution in [0.2, 0.25) is 5.02 Å². The summed E-state index contributed by atoms with van der Waals surface area (Å²) in [5.41, 5.74) is 2.30. The fourth-order valence-electron chi connectivity index (χ4n) is 2.44. The zero-order valence-corrected chi connectivity index (χ0v) is 17.2. The first-order valence-electron chi connectivity index (χ1n) is 8.68. The average molecular weight is 443 g/mol. The maximum absolute atomic E-state index is 14.1. The number of carbonyl (C=O) groups is 1. The summed E-state index contributed by atoms with van der Waals surface area (Å²) in [6.45, 7) is 2.05. The molecule has 2 rings (SSSR count). The number of thioether (sulfide) groups is 1. The molecule has 0 aliphatic heterocycles. The van der Waals surface area contributed by atoms with Gasteiger partial charge in [0.05, 0.1) is 17.1 Å². The van der Waals surface area contributed by atoms with Gasteiger partial charge < -0.3 is 14.9 Å². The monoisotopic (exact) mass is 442 g/mol. The van der Waals surface area contributed by atoms with Gasteiger partial charge in [0.25, 0.3) is 5.09 Å². The van der Waals surface area contributed by atoms with Gasteiger partial charge in [-0.15, -0.1) is 10.1 Å². The molecular formula is C19H20ClFN2O5S. The fourth-order valence-corrected chi connectivity index (χ4v) is 3.24. The Bertz CT molecular complexity index is 848. The second kappa shape index (κ2) is 11.5. The molecule has 0 saturated carbocycles. The van der Waals surface area contributed by atoms with Crippen LogP contribution in [-0.4, -0.2) is 35.8 Å². The largest absolute Gasteiger partial charge is 0.465 e. The van der Waals surface area contributed by atoms with Crippen LogP contribution < -0.4 is 5.32 Å². The van der Waals surface area contributed by atoms with Crippen molar-refractivity contribution >= 4 is 40.7 Å². The van der Waals surface area contributed by atoms with E-state index < -0.39 is 16.9 Å². The standard InChI is InChI=1S/C19H20ClFN2O5S/c1-13-5-6-17(22-19-15(20)3-2-4-16(19)21)14(11-13)12-18(24)27-7-9-29-10-8-28-23(25)26/h2-6,11,22H,7-10,12H2,1H3. The zero-order valence-electron chi connectivity index (χ0n) is 15.7. The van der Waals surface area contributed by atoms with Crippen molar-refractivity contribution in [1.82, 2.24) is 0 Å². The Morgan fingerprint density at radius 3 is 2.76 bits per heavy atom. The summed E-state index contributed by atoms with van der Waals surface area (Å²) in [4.78, 5) is 26.4. The minimum absolute atomic E-state index is 0.00515. The lowest BCUT2D eigenvalue weighted by atomic mass is 10.1. The number of ether oxygens (including phenoxy) is 1. The Balaban J connectivity index is 1.90. The second-order valence-electron chi connectivity index (χ2n) is 5.95. The third kappa shape index (κ3) is 7.78. The van der Waals surface area contributed by atoms with Gasteiger partial charge in [0.2, 0.25) is 0 Å². The number of esters is 1. The van der Waals surface area contributed by atoms with Crippen LogP contribution in [-0.2, 0) is 20.8 Å². The van der Waals surface area contributed by atoms with Crippen molar-refractivity contribution < 1.29 is 23.8 Å². The molecule has 0 heterocycles. The second-order valence-corrected chi connectivity index (χ2v) is 7.58. The number of nitrogens with zero attached hydrogens (tertiary/aromatic N) is 1. The molecule has 156 valence electrons. The summed E-state index contributed by atoms with van der Waals surface area (Å²) in [5, 5.41) is 12.4. The lowest BCUT2D eigenvalue weighted by Gasteiger charge is -2.14. The van der Waals surface area contributed by atoms with Gasteiger partial charge in [0.1, 0.15) is 19.0 Å². The summed E-state index contributed by atoms with van der Waals surface area (Å²) in [7, 11) is 0. The van der Waals surface area contributed by atoms with Gasteiger partial charge in [-0.2, -0.15) is 11.8 Å². The van der Waals surface area contributed by atoms with Crippen molar-refractivity contribution in [3.63, 3.8) is 0 Å². The molecule has 2 aromatic rings. The van der Waals surface area contributed by atoms with E-state index in [-0.39, 0.29) is 30.3 Å². The van der Waals surface area contributed by atoms with Crippen molar-refractivity contribution in [1.29, 1.82) is 0 Å². The van der Waals surface area contributed by atoms with Crippen LogP contribution >= 0.6 is 23.4 Å². The fraction of sp³-hybridized carbons (Fsp3) is 0.316. The van der Waals surface area contributed by atoms with E-state index in [1.807, 2.05) is 19.1 Å². The molecule has 0 fully saturated rings. The molecule has 0 spiro atoms. The number of nitrogens with one attached hydrogen (secondary N) is 1. The smallest absolute Gasteiger partial charge is 0.310 e. The van der Waals surface area contributed by atoms with Gasteiger partial charge in [-0.25, -0.2) is 4.39 Å². The van der Waals surface area contributed by atoms with E-state index in [9.17, 15) is 19.3 Å². The van der Waals surface area contributed by atoms with Crippen LogP contribution in [0.25, 0.3) is 0 Å². The summed E-state index contributed by atoms with van der Waals surface area (Å²) in [6.07, 6.45) is 0.00515. The highest BCUT2D eigenvalue weighted by Gasteiger charge is 2.13. The molecule has 7 nitrogen and oxygen atoms in total. The van der Waals surface area contributed by atoms with E-state index in [0.717, 1.165) is 5.56 Å².